The third-order valence-electron chi connectivity index (χ3n) is 2.53. The number of benzene rings is 1. The van der Waals surface area contributed by atoms with Crippen molar-refractivity contribution in [3.8, 4) is 0 Å². The lowest BCUT2D eigenvalue weighted by atomic mass is 10.3. The Kier molecular flexibility index (Phi) is 5.20. The zero-order chi connectivity index (χ0) is 16.4. The molecule has 0 saturated carbocycles. The van der Waals surface area contributed by atoms with Gasteiger partial charge in [0.1, 0.15) is 15.7 Å². The molecule has 8 nitrogen and oxygen atoms in total. The van der Waals surface area contributed by atoms with Gasteiger partial charge in [-0.15, -0.1) is 0 Å². The molecule has 0 aliphatic rings. The van der Waals surface area contributed by atoms with Crippen molar-refractivity contribution in [2.75, 3.05) is 13.6 Å². The summed E-state index contributed by atoms with van der Waals surface area (Å²) >= 11 is 5.55. The quantitative estimate of drug-likeness (QED) is 0.619. The lowest BCUT2D eigenvalue weighted by Gasteiger charge is -2.16. The molecule has 0 unspecified atom stereocenters. The predicted octanol–water partition coefficient (Wildman–Crippen LogP) is 1.48. The molecular weight excluding hydrogens is 331 g/mol. The van der Waals surface area contributed by atoms with Crippen LogP contribution in [0, 0.1) is 15.9 Å². The van der Waals surface area contributed by atoms with E-state index in [4.69, 9.17) is 16.7 Å². The van der Waals surface area contributed by atoms with Crippen LogP contribution in [0.15, 0.2) is 17.0 Å². The largest absolute Gasteiger partial charge is 0.481 e. The lowest BCUT2D eigenvalue weighted by Crippen LogP contribution is -2.30. The molecule has 0 saturated heterocycles. The highest BCUT2D eigenvalue weighted by atomic mass is 35.5. The average molecular weight is 341 g/mol. The van der Waals surface area contributed by atoms with Crippen LogP contribution >= 0.6 is 11.6 Å². The second-order valence-electron chi connectivity index (χ2n) is 3.96. The number of aliphatic carboxylic acids is 1. The van der Waals surface area contributed by atoms with Crippen LogP contribution in [0.25, 0.3) is 0 Å². The number of nitro benzene ring substituents is 1. The molecule has 0 radical (unpaired) electrons. The summed E-state index contributed by atoms with van der Waals surface area (Å²) in [6, 6.07) is 1.03. The van der Waals surface area contributed by atoms with Crippen molar-refractivity contribution in [1.29, 1.82) is 0 Å². The number of nitrogens with zero attached hydrogens (tertiary/aromatic N) is 2. The van der Waals surface area contributed by atoms with Gasteiger partial charge in [0, 0.05) is 13.6 Å². The van der Waals surface area contributed by atoms with E-state index in [0.717, 1.165) is 7.05 Å². The van der Waals surface area contributed by atoms with E-state index in [2.05, 4.69) is 0 Å². The van der Waals surface area contributed by atoms with Crippen molar-refractivity contribution in [2.24, 2.45) is 0 Å². The molecule has 0 aliphatic carbocycles. The van der Waals surface area contributed by atoms with Crippen molar-refractivity contribution in [2.45, 2.75) is 11.3 Å². The third-order valence-corrected chi connectivity index (χ3v) is 4.70. The van der Waals surface area contributed by atoms with E-state index in [1.807, 2.05) is 0 Å². The van der Waals surface area contributed by atoms with Crippen LogP contribution in [0.3, 0.4) is 0 Å². The Labute approximate surface area is 123 Å². The molecule has 1 rings (SSSR count). The number of sulfonamides is 1. The number of nitro groups is 1. The Morgan fingerprint density at radius 3 is 2.57 bits per heavy atom. The van der Waals surface area contributed by atoms with Crippen molar-refractivity contribution < 1.29 is 27.6 Å². The number of rotatable bonds is 6. The topological polar surface area (TPSA) is 118 Å². The number of carboxylic acid groups (broad SMARTS) is 1. The summed E-state index contributed by atoms with van der Waals surface area (Å²) < 4.78 is 38.5. The molecule has 11 heteroatoms. The van der Waals surface area contributed by atoms with Crippen molar-refractivity contribution >= 4 is 33.3 Å². The van der Waals surface area contributed by atoms with Gasteiger partial charge in [-0.2, -0.15) is 0 Å². The standard InChI is InChI=1S/C10H10ClFN2O6S/c1-13(3-2-10(15)16)21(19,20)9-4-6(11)8(14(17)18)5-7(9)12/h4-5H,2-3H2,1H3,(H,15,16). The molecule has 0 atom stereocenters. The van der Waals surface area contributed by atoms with Gasteiger partial charge in [0.15, 0.2) is 0 Å². The first-order valence-electron chi connectivity index (χ1n) is 5.39. The highest BCUT2D eigenvalue weighted by Crippen LogP contribution is 2.30. The Morgan fingerprint density at radius 1 is 1.52 bits per heavy atom. The van der Waals surface area contributed by atoms with E-state index in [-0.39, 0.29) is 6.54 Å². The van der Waals surface area contributed by atoms with E-state index in [1.165, 1.54) is 0 Å². The van der Waals surface area contributed by atoms with Gasteiger partial charge in [0.2, 0.25) is 10.0 Å². The van der Waals surface area contributed by atoms with E-state index >= 15 is 0 Å². The van der Waals surface area contributed by atoms with Gasteiger partial charge in [0.05, 0.1) is 17.4 Å². The van der Waals surface area contributed by atoms with Crippen LogP contribution in [0.1, 0.15) is 6.42 Å². The molecule has 0 amide bonds. The maximum Gasteiger partial charge on any atom is 0.304 e. The number of hydrogen-bond acceptors (Lipinski definition) is 5. The molecule has 1 aromatic rings. The molecule has 0 aliphatic heterocycles. The van der Waals surface area contributed by atoms with E-state index in [9.17, 15) is 27.7 Å². The van der Waals surface area contributed by atoms with Crippen LogP contribution in [-0.4, -0.2) is 42.3 Å². The summed E-state index contributed by atoms with van der Waals surface area (Å²) in [5, 5.41) is 18.5. The predicted molar refractivity (Wildman–Crippen MR) is 70.1 cm³/mol. The molecule has 0 heterocycles. The van der Waals surface area contributed by atoms with Crippen molar-refractivity contribution in [3.05, 3.63) is 33.1 Å². The fourth-order valence-electron chi connectivity index (χ4n) is 1.40. The van der Waals surface area contributed by atoms with Gasteiger partial charge in [-0.25, -0.2) is 17.1 Å². The molecule has 1 N–H and O–H groups in total. The molecule has 0 aromatic heterocycles. The first-order chi connectivity index (χ1) is 9.57. The average Bonchev–Trinajstić information content (AvgIpc) is 2.37. The van der Waals surface area contributed by atoms with Gasteiger partial charge >= 0.3 is 5.97 Å². The summed E-state index contributed by atoms with van der Waals surface area (Å²) in [4.78, 5) is 19.2. The zero-order valence-corrected chi connectivity index (χ0v) is 12.2. The SMILES string of the molecule is CN(CCC(=O)O)S(=O)(=O)c1cc(Cl)c([N+](=O)[O-])cc1F. The normalized spacial score (nSPS) is 11.6. The fourth-order valence-corrected chi connectivity index (χ4v) is 2.93. The number of halogens is 2. The summed E-state index contributed by atoms with van der Waals surface area (Å²) in [5.41, 5.74) is -0.763. The fraction of sp³-hybridized carbons (Fsp3) is 0.300. The minimum absolute atomic E-state index is 0.383. The number of carbonyl (C=O) groups is 1. The van der Waals surface area contributed by atoms with Gasteiger partial charge in [-0.3, -0.25) is 14.9 Å². The molecule has 0 bridgehead atoms. The Balaban J connectivity index is 3.23. The monoisotopic (exact) mass is 340 g/mol. The highest BCUT2D eigenvalue weighted by molar-refractivity contribution is 7.89. The molecule has 21 heavy (non-hydrogen) atoms. The lowest BCUT2D eigenvalue weighted by molar-refractivity contribution is -0.384. The number of carboxylic acids is 1. The first kappa shape index (κ1) is 17.3. The first-order valence-corrected chi connectivity index (χ1v) is 7.20. The van der Waals surface area contributed by atoms with Crippen molar-refractivity contribution in [3.63, 3.8) is 0 Å². The van der Waals surface area contributed by atoms with E-state index in [0.29, 0.717) is 16.4 Å². The summed E-state index contributed by atoms with van der Waals surface area (Å²) in [6.07, 6.45) is -0.474. The van der Waals surface area contributed by atoms with Gasteiger partial charge in [-0.1, -0.05) is 11.6 Å². The Bertz CT molecular complexity index is 693. The van der Waals surface area contributed by atoms with Crippen LogP contribution in [0.4, 0.5) is 10.1 Å². The second kappa shape index (κ2) is 6.33. The molecule has 0 spiro atoms. The molecule has 1 aromatic carbocycles. The summed E-state index contributed by atoms with van der Waals surface area (Å²) in [5.74, 6) is -2.56. The van der Waals surface area contributed by atoms with Crippen LogP contribution in [0.2, 0.25) is 5.02 Å². The summed E-state index contributed by atoms with van der Waals surface area (Å²) in [6.45, 7) is -0.383. The Hall–Kier alpha value is -1.78. The molecule has 0 fully saturated rings. The zero-order valence-electron chi connectivity index (χ0n) is 10.6. The third kappa shape index (κ3) is 3.86. The van der Waals surface area contributed by atoms with Crippen molar-refractivity contribution in [1.82, 2.24) is 4.31 Å². The molecule has 116 valence electrons. The number of hydrogen-bond donors (Lipinski definition) is 1. The van der Waals surface area contributed by atoms with Crippen LogP contribution < -0.4 is 0 Å². The molecular formula is C10H10ClFN2O6S. The minimum atomic E-state index is -4.34. The summed E-state index contributed by atoms with van der Waals surface area (Å²) in [7, 11) is -3.28. The second-order valence-corrected chi connectivity index (χ2v) is 6.38. The highest BCUT2D eigenvalue weighted by Gasteiger charge is 2.28. The van der Waals surface area contributed by atoms with E-state index in [1.54, 1.807) is 0 Å². The minimum Gasteiger partial charge on any atom is -0.481 e. The smallest absolute Gasteiger partial charge is 0.304 e. The van der Waals surface area contributed by atoms with Gasteiger partial charge in [-0.05, 0) is 6.07 Å². The maximum absolute atomic E-state index is 13.8. The van der Waals surface area contributed by atoms with Gasteiger partial charge in [0.25, 0.3) is 5.69 Å². The Morgan fingerprint density at radius 2 is 2.10 bits per heavy atom. The van der Waals surface area contributed by atoms with E-state index < -0.39 is 48.8 Å². The van der Waals surface area contributed by atoms with Gasteiger partial charge < -0.3 is 5.11 Å². The van der Waals surface area contributed by atoms with Crippen LogP contribution in [-0.2, 0) is 14.8 Å². The van der Waals surface area contributed by atoms with Crippen LogP contribution in [0.5, 0.6) is 0 Å². The maximum atomic E-state index is 13.8.